The summed E-state index contributed by atoms with van der Waals surface area (Å²) in [5.41, 5.74) is 2.77. The largest absolute Gasteiger partial charge is 0.288 e. The van der Waals surface area contributed by atoms with Crippen LogP contribution in [0.3, 0.4) is 0 Å². The van der Waals surface area contributed by atoms with Crippen LogP contribution in [0.4, 0.5) is 5.69 Å². The molecule has 0 saturated carbocycles. The minimum atomic E-state index is -0.657. The molecule has 0 unspecified atom stereocenters. The van der Waals surface area contributed by atoms with Gasteiger partial charge in [0, 0.05) is 16.7 Å². The number of nitrogens with one attached hydrogen (secondary N) is 1. The van der Waals surface area contributed by atoms with Gasteiger partial charge in [-0.3, -0.25) is 14.9 Å². The quantitative estimate of drug-likeness (QED) is 0.524. The van der Waals surface area contributed by atoms with E-state index in [4.69, 9.17) is 23.2 Å². The van der Waals surface area contributed by atoms with Crippen LogP contribution in [0, 0.1) is 10.1 Å². The number of hydrogen-bond acceptors (Lipinski definition) is 4. The lowest BCUT2D eigenvalue weighted by atomic mass is 10.2. The first-order chi connectivity index (χ1) is 10.5. The van der Waals surface area contributed by atoms with E-state index in [9.17, 15) is 14.9 Å². The summed E-state index contributed by atoms with van der Waals surface area (Å²) in [5, 5.41) is 15.1. The molecule has 0 aromatic heterocycles. The predicted octanol–water partition coefficient (Wildman–Crippen LogP) is 3.67. The number of nitrogens with zero attached hydrogens (tertiary/aromatic N) is 2. The van der Waals surface area contributed by atoms with Gasteiger partial charge in [0.25, 0.3) is 11.6 Å². The van der Waals surface area contributed by atoms with E-state index in [2.05, 4.69) is 10.5 Å². The van der Waals surface area contributed by atoms with Crippen molar-refractivity contribution in [1.29, 1.82) is 0 Å². The van der Waals surface area contributed by atoms with E-state index in [-0.39, 0.29) is 16.3 Å². The lowest BCUT2D eigenvalue weighted by Crippen LogP contribution is -2.17. The molecule has 0 aliphatic carbocycles. The Labute approximate surface area is 135 Å². The van der Waals surface area contributed by atoms with Crippen LogP contribution in [0.1, 0.15) is 15.9 Å². The lowest BCUT2D eigenvalue weighted by Gasteiger charge is -2.01. The van der Waals surface area contributed by atoms with E-state index in [1.54, 1.807) is 24.3 Å². The third kappa shape index (κ3) is 4.03. The van der Waals surface area contributed by atoms with Crippen molar-refractivity contribution < 1.29 is 9.72 Å². The Bertz CT molecular complexity index is 745. The molecule has 1 N–H and O–H groups in total. The van der Waals surface area contributed by atoms with Gasteiger partial charge < -0.3 is 0 Å². The van der Waals surface area contributed by atoms with Crippen LogP contribution in [0.25, 0.3) is 0 Å². The summed E-state index contributed by atoms with van der Waals surface area (Å²) >= 11 is 11.4. The molecule has 0 fully saturated rings. The molecule has 0 radical (unpaired) electrons. The minimum Gasteiger partial charge on any atom is -0.267 e. The van der Waals surface area contributed by atoms with Gasteiger partial charge in [-0.2, -0.15) is 5.10 Å². The van der Waals surface area contributed by atoms with Crippen LogP contribution in [-0.4, -0.2) is 17.0 Å². The molecule has 2 rings (SSSR count). The van der Waals surface area contributed by atoms with Crippen molar-refractivity contribution in [2.75, 3.05) is 0 Å². The van der Waals surface area contributed by atoms with Crippen molar-refractivity contribution in [2.24, 2.45) is 5.10 Å². The van der Waals surface area contributed by atoms with Crippen LogP contribution in [0.15, 0.2) is 47.6 Å². The summed E-state index contributed by atoms with van der Waals surface area (Å²) in [6, 6.07) is 10.6. The third-order valence-corrected chi connectivity index (χ3v) is 3.23. The Morgan fingerprint density at radius 3 is 2.50 bits per heavy atom. The fourth-order valence-electron chi connectivity index (χ4n) is 1.57. The van der Waals surface area contributed by atoms with Crippen LogP contribution in [0.2, 0.25) is 10.0 Å². The highest BCUT2D eigenvalue weighted by molar-refractivity contribution is 6.32. The van der Waals surface area contributed by atoms with Crippen molar-refractivity contribution >= 4 is 41.0 Å². The van der Waals surface area contributed by atoms with Gasteiger partial charge in [0.2, 0.25) is 0 Å². The Morgan fingerprint density at radius 1 is 1.18 bits per heavy atom. The summed E-state index contributed by atoms with van der Waals surface area (Å²) in [6.07, 6.45) is 1.43. The highest BCUT2D eigenvalue weighted by Gasteiger charge is 2.15. The van der Waals surface area contributed by atoms with Gasteiger partial charge in [-0.25, -0.2) is 5.43 Å². The summed E-state index contributed by atoms with van der Waals surface area (Å²) in [4.78, 5) is 22.0. The smallest absolute Gasteiger partial charge is 0.267 e. The van der Waals surface area contributed by atoms with Crippen LogP contribution >= 0.6 is 23.2 Å². The third-order valence-electron chi connectivity index (χ3n) is 2.65. The lowest BCUT2D eigenvalue weighted by molar-refractivity contribution is -0.384. The summed E-state index contributed by atoms with van der Waals surface area (Å²) in [6.45, 7) is 0. The molecule has 22 heavy (non-hydrogen) atoms. The minimum absolute atomic E-state index is 0.0359. The van der Waals surface area contributed by atoms with E-state index >= 15 is 0 Å². The fraction of sp³-hybridized carbons (Fsp3) is 0. The van der Waals surface area contributed by atoms with E-state index in [0.29, 0.717) is 5.02 Å². The number of hydrazone groups is 1. The van der Waals surface area contributed by atoms with Crippen molar-refractivity contribution in [3.05, 3.63) is 73.8 Å². The Hall–Kier alpha value is -2.44. The van der Waals surface area contributed by atoms with Crippen LogP contribution in [-0.2, 0) is 0 Å². The Balaban J connectivity index is 2.08. The maximum absolute atomic E-state index is 11.9. The molecule has 2 aromatic rings. The van der Waals surface area contributed by atoms with Crippen LogP contribution in [0.5, 0.6) is 0 Å². The molecule has 6 nitrogen and oxygen atoms in total. The Kier molecular flexibility index (Phi) is 5.08. The van der Waals surface area contributed by atoms with Gasteiger partial charge in [0.15, 0.2) is 0 Å². The predicted molar refractivity (Wildman–Crippen MR) is 84.6 cm³/mol. The van der Waals surface area contributed by atoms with Crippen molar-refractivity contribution in [1.82, 2.24) is 5.43 Å². The molecule has 112 valence electrons. The number of carbonyl (C=O) groups excluding carboxylic acids is 1. The second-order valence-electron chi connectivity index (χ2n) is 4.17. The van der Waals surface area contributed by atoms with Gasteiger partial charge >= 0.3 is 0 Å². The van der Waals surface area contributed by atoms with E-state index in [0.717, 1.165) is 11.6 Å². The number of rotatable bonds is 4. The molecule has 0 bridgehead atoms. The fourth-order valence-corrected chi connectivity index (χ4v) is 1.89. The molecule has 0 aliphatic heterocycles. The van der Waals surface area contributed by atoms with Gasteiger partial charge in [-0.15, -0.1) is 0 Å². The molecule has 0 aliphatic rings. The van der Waals surface area contributed by atoms with E-state index in [1.807, 2.05) is 0 Å². The van der Waals surface area contributed by atoms with Gasteiger partial charge in [0.1, 0.15) is 5.02 Å². The highest BCUT2D eigenvalue weighted by Crippen LogP contribution is 2.24. The number of amides is 1. The maximum atomic E-state index is 11.9. The number of hydrogen-bond donors (Lipinski definition) is 1. The molecular weight excluding hydrogens is 329 g/mol. The maximum Gasteiger partial charge on any atom is 0.288 e. The first-order valence-electron chi connectivity index (χ1n) is 6.00. The second-order valence-corrected chi connectivity index (χ2v) is 5.02. The SMILES string of the molecule is O=C(N/N=C\c1ccc(Cl)cc1)c1ccc(Cl)c([N+](=O)[O-])c1. The summed E-state index contributed by atoms with van der Waals surface area (Å²) < 4.78 is 0. The standard InChI is InChI=1S/C14H9Cl2N3O3/c15-11-4-1-9(2-5-11)8-17-18-14(20)10-3-6-12(16)13(7-10)19(21)22/h1-8H,(H,18,20)/b17-8-. The van der Waals surface area contributed by atoms with E-state index in [1.165, 1.54) is 18.3 Å². The topological polar surface area (TPSA) is 84.6 Å². The normalized spacial score (nSPS) is 10.6. The molecular formula is C14H9Cl2N3O3. The van der Waals surface area contributed by atoms with Gasteiger partial charge in [-0.1, -0.05) is 35.3 Å². The molecule has 0 saturated heterocycles. The van der Waals surface area contributed by atoms with Crippen LogP contribution < -0.4 is 5.43 Å². The van der Waals surface area contributed by atoms with Crippen molar-refractivity contribution in [2.45, 2.75) is 0 Å². The van der Waals surface area contributed by atoms with Gasteiger partial charge in [0.05, 0.1) is 11.1 Å². The monoisotopic (exact) mass is 337 g/mol. The summed E-state index contributed by atoms with van der Waals surface area (Å²) in [7, 11) is 0. The zero-order valence-electron chi connectivity index (χ0n) is 11.0. The molecule has 2 aromatic carbocycles. The molecule has 0 atom stereocenters. The average Bonchev–Trinajstić information content (AvgIpc) is 2.49. The van der Waals surface area contributed by atoms with Gasteiger partial charge in [-0.05, 0) is 29.8 Å². The second kappa shape index (κ2) is 7.02. The average molecular weight is 338 g/mol. The van der Waals surface area contributed by atoms with Crippen molar-refractivity contribution in [3.63, 3.8) is 0 Å². The number of halogens is 2. The van der Waals surface area contributed by atoms with E-state index < -0.39 is 10.8 Å². The number of benzene rings is 2. The highest BCUT2D eigenvalue weighted by atomic mass is 35.5. The van der Waals surface area contributed by atoms with Crippen molar-refractivity contribution in [3.8, 4) is 0 Å². The Morgan fingerprint density at radius 2 is 1.86 bits per heavy atom. The molecule has 0 spiro atoms. The summed E-state index contributed by atoms with van der Waals surface area (Å²) in [5.74, 6) is -0.579. The number of nitro groups is 1. The first kappa shape index (κ1) is 15.9. The first-order valence-corrected chi connectivity index (χ1v) is 6.76. The zero-order chi connectivity index (χ0) is 16.1. The molecule has 0 heterocycles. The molecule has 8 heteroatoms. The number of carbonyl (C=O) groups is 1. The molecule has 1 amide bonds. The zero-order valence-corrected chi connectivity index (χ0v) is 12.5. The number of nitro benzene ring substituents is 1.